The van der Waals surface area contributed by atoms with E-state index in [9.17, 15) is 4.79 Å². The lowest BCUT2D eigenvalue weighted by Crippen LogP contribution is -2.25. The summed E-state index contributed by atoms with van der Waals surface area (Å²) >= 11 is 0. The first-order valence-electron chi connectivity index (χ1n) is 6.72. The average molecular weight is 268 g/mol. The molecule has 0 aliphatic heterocycles. The average Bonchev–Trinajstić information content (AvgIpc) is 2.66. The second-order valence-electron chi connectivity index (χ2n) is 5.53. The van der Waals surface area contributed by atoms with E-state index in [1.165, 1.54) is 0 Å². The van der Waals surface area contributed by atoms with Gasteiger partial charge in [-0.05, 0) is 20.3 Å². The molecule has 19 heavy (non-hydrogen) atoms. The predicted molar refractivity (Wildman–Crippen MR) is 73.3 cm³/mol. The van der Waals surface area contributed by atoms with Gasteiger partial charge >= 0.3 is 6.09 Å². The maximum atomic E-state index is 11.1. The van der Waals surface area contributed by atoms with Crippen LogP contribution in [0.3, 0.4) is 0 Å². The number of rotatable bonds is 5. The van der Waals surface area contributed by atoms with Gasteiger partial charge in [-0.25, -0.2) is 9.78 Å². The Morgan fingerprint density at radius 2 is 2.11 bits per heavy atom. The lowest BCUT2D eigenvalue weighted by Gasteiger charge is -2.12. The van der Waals surface area contributed by atoms with Crippen molar-refractivity contribution in [3.8, 4) is 0 Å². The van der Waals surface area contributed by atoms with Crippen molar-refractivity contribution in [3.63, 3.8) is 0 Å². The van der Waals surface area contributed by atoms with Gasteiger partial charge in [0.05, 0.1) is 12.3 Å². The molecule has 0 atom stereocenters. The van der Waals surface area contributed by atoms with Crippen LogP contribution in [0.5, 0.6) is 0 Å². The van der Waals surface area contributed by atoms with Gasteiger partial charge in [-0.3, -0.25) is 0 Å². The van der Waals surface area contributed by atoms with Crippen molar-refractivity contribution in [2.24, 2.45) is 0 Å². The smallest absolute Gasteiger partial charge is 0.407 e. The second-order valence-corrected chi connectivity index (χ2v) is 5.53. The Balaban J connectivity index is 2.42. The van der Waals surface area contributed by atoms with Crippen LogP contribution in [0.25, 0.3) is 0 Å². The summed E-state index contributed by atoms with van der Waals surface area (Å²) in [7, 11) is 0. The van der Waals surface area contributed by atoms with Gasteiger partial charge in [0.15, 0.2) is 5.89 Å². The number of hydrogen-bond acceptors (Lipinski definition) is 4. The number of amides is 1. The van der Waals surface area contributed by atoms with E-state index in [1.54, 1.807) is 6.92 Å². The Bertz CT molecular complexity index is 419. The summed E-state index contributed by atoms with van der Waals surface area (Å²) in [6.07, 6.45) is 1.20. The molecule has 1 rings (SSSR count). The standard InChI is InChI=1S/C14H24N2O3/c1-6-18-13(17)15-9-7-8-11-10(2)16-12(19-11)14(3,4)5/h6-9H2,1-5H3,(H,15,17). The normalized spacial score (nSPS) is 11.4. The Morgan fingerprint density at radius 1 is 1.42 bits per heavy atom. The van der Waals surface area contributed by atoms with Crippen molar-refractivity contribution in [3.05, 3.63) is 17.3 Å². The van der Waals surface area contributed by atoms with Crippen LogP contribution in [0.4, 0.5) is 4.79 Å². The van der Waals surface area contributed by atoms with Gasteiger partial charge in [0.25, 0.3) is 0 Å². The van der Waals surface area contributed by atoms with Crippen LogP contribution in [0.1, 0.15) is 51.5 Å². The molecule has 0 spiro atoms. The van der Waals surface area contributed by atoms with E-state index in [4.69, 9.17) is 9.15 Å². The maximum Gasteiger partial charge on any atom is 0.407 e. The minimum absolute atomic E-state index is 0.0772. The number of carbonyl (C=O) groups excluding carboxylic acids is 1. The van der Waals surface area contributed by atoms with Crippen molar-refractivity contribution >= 4 is 6.09 Å². The molecule has 0 aliphatic rings. The third-order valence-corrected chi connectivity index (χ3v) is 2.66. The largest absolute Gasteiger partial charge is 0.450 e. The molecule has 0 saturated heterocycles. The number of aryl methyl sites for hydroxylation is 2. The molecule has 1 aromatic rings. The molecule has 0 bridgehead atoms. The number of hydrogen-bond donors (Lipinski definition) is 1. The predicted octanol–water partition coefficient (Wildman–Crippen LogP) is 2.96. The van der Waals surface area contributed by atoms with E-state index in [-0.39, 0.29) is 11.5 Å². The first kappa shape index (κ1) is 15.5. The number of ether oxygens (including phenoxy) is 1. The number of oxazole rings is 1. The van der Waals surface area contributed by atoms with Gasteiger partial charge in [-0.2, -0.15) is 0 Å². The summed E-state index contributed by atoms with van der Waals surface area (Å²) in [5.41, 5.74) is 0.854. The van der Waals surface area contributed by atoms with Crippen LogP contribution in [0.15, 0.2) is 4.42 Å². The maximum absolute atomic E-state index is 11.1. The molecule has 0 aliphatic carbocycles. The zero-order valence-electron chi connectivity index (χ0n) is 12.5. The van der Waals surface area contributed by atoms with Crippen molar-refractivity contribution in [2.75, 3.05) is 13.2 Å². The SMILES string of the molecule is CCOC(=O)NCCCc1oc(C(C)(C)C)nc1C. The molecule has 0 saturated carbocycles. The fraction of sp³-hybridized carbons (Fsp3) is 0.714. The molecule has 0 fully saturated rings. The lowest BCUT2D eigenvalue weighted by atomic mass is 9.97. The second kappa shape index (κ2) is 6.59. The zero-order valence-corrected chi connectivity index (χ0v) is 12.5. The topological polar surface area (TPSA) is 64.4 Å². The van der Waals surface area contributed by atoms with Crippen molar-refractivity contribution in [2.45, 2.75) is 52.9 Å². The van der Waals surface area contributed by atoms with E-state index >= 15 is 0 Å². The van der Waals surface area contributed by atoms with E-state index in [2.05, 4.69) is 31.1 Å². The van der Waals surface area contributed by atoms with Gasteiger partial charge in [0.1, 0.15) is 5.76 Å². The highest BCUT2D eigenvalue weighted by Gasteiger charge is 2.21. The highest BCUT2D eigenvalue weighted by molar-refractivity contribution is 5.66. The van der Waals surface area contributed by atoms with Crippen LogP contribution in [-0.4, -0.2) is 24.2 Å². The van der Waals surface area contributed by atoms with Crippen LogP contribution in [0, 0.1) is 6.92 Å². The molecular formula is C14H24N2O3. The van der Waals surface area contributed by atoms with Gasteiger partial charge in [-0.15, -0.1) is 0 Å². The molecule has 0 radical (unpaired) electrons. The Morgan fingerprint density at radius 3 is 2.63 bits per heavy atom. The molecular weight excluding hydrogens is 244 g/mol. The minimum Gasteiger partial charge on any atom is -0.450 e. The number of nitrogens with one attached hydrogen (secondary N) is 1. The summed E-state index contributed by atoms with van der Waals surface area (Å²) in [5.74, 6) is 1.66. The van der Waals surface area contributed by atoms with Crippen LogP contribution >= 0.6 is 0 Å². The summed E-state index contributed by atoms with van der Waals surface area (Å²) in [6, 6.07) is 0. The summed E-state index contributed by atoms with van der Waals surface area (Å²) in [6.45, 7) is 10.9. The highest BCUT2D eigenvalue weighted by Crippen LogP contribution is 2.24. The zero-order chi connectivity index (χ0) is 14.5. The third-order valence-electron chi connectivity index (χ3n) is 2.66. The van der Waals surface area contributed by atoms with Gasteiger partial charge < -0.3 is 14.5 Å². The fourth-order valence-electron chi connectivity index (χ4n) is 1.60. The van der Waals surface area contributed by atoms with Crippen LogP contribution in [0.2, 0.25) is 0 Å². The quantitative estimate of drug-likeness (QED) is 0.834. The lowest BCUT2D eigenvalue weighted by molar-refractivity contribution is 0.152. The summed E-state index contributed by atoms with van der Waals surface area (Å²) < 4.78 is 10.6. The van der Waals surface area contributed by atoms with Crippen LogP contribution < -0.4 is 5.32 Å². The van der Waals surface area contributed by atoms with E-state index in [0.29, 0.717) is 13.2 Å². The first-order valence-corrected chi connectivity index (χ1v) is 6.72. The third kappa shape index (κ3) is 4.93. The molecule has 0 unspecified atom stereocenters. The molecule has 1 aromatic heterocycles. The van der Waals surface area contributed by atoms with Gasteiger partial charge in [-0.1, -0.05) is 20.8 Å². The molecule has 0 aromatic carbocycles. The minimum atomic E-state index is -0.368. The molecule has 5 nitrogen and oxygen atoms in total. The van der Waals surface area contributed by atoms with Gasteiger partial charge in [0, 0.05) is 18.4 Å². The highest BCUT2D eigenvalue weighted by atomic mass is 16.5. The van der Waals surface area contributed by atoms with Gasteiger partial charge in [0.2, 0.25) is 0 Å². The Kier molecular flexibility index (Phi) is 5.39. The van der Waals surface area contributed by atoms with Crippen LogP contribution in [-0.2, 0) is 16.6 Å². The molecule has 108 valence electrons. The number of nitrogens with zero attached hydrogens (tertiary/aromatic N) is 1. The monoisotopic (exact) mass is 268 g/mol. The number of aromatic nitrogens is 1. The Labute approximate surface area is 114 Å². The molecule has 1 amide bonds. The number of carbonyl (C=O) groups is 1. The number of alkyl carbamates (subject to hydrolysis) is 1. The van der Waals surface area contributed by atoms with E-state index < -0.39 is 0 Å². The molecule has 1 N–H and O–H groups in total. The van der Waals surface area contributed by atoms with E-state index in [0.717, 1.165) is 30.2 Å². The molecule has 5 heteroatoms. The van der Waals surface area contributed by atoms with E-state index in [1.807, 2.05) is 6.92 Å². The van der Waals surface area contributed by atoms with Crippen molar-refractivity contribution < 1.29 is 13.9 Å². The fourth-order valence-corrected chi connectivity index (χ4v) is 1.60. The first-order chi connectivity index (χ1) is 8.84. The summed E-state index contributed by atoms with van der Waals surface area (Å²) in [5, 5.41) is 2.69. The molecule has 1 heterocycles. The summed E-state index contributed by atoms with van der Waals surface area (Å²) in [4.78, 5) is 15.5. The van der Waals surface area contributed by atoms with Crippen molar-refractivity contribution in [1.82, 2.24) is 10.3 Å². The Hall–Kier alpha value is -1.52. The van der Waals surface area contributed by atoms with Crippen molar-refractivity contribution in [1.29, 1.82) is 0 Å².